The lowest BCUT2D eigenvalue weighted by atomic mass is 9.82. The number of ether oxygens (including phenoxy) is 3. The van der Waals surface area contributed by atoms with Crippen LogP contribution in [0.15, 0.2) is 103 Å². The van der Waals surface area contributed by atoms with Crippen LogP contribution >= 0.6 is 11.6 Å². The van der Waals surface area contributed by atoms with Gasteiger partial charge >= 0.3 is 0 Å². The smallest absolute Gasteiger partial charge is 0.196 e. The van der Waals surface area contributed by atoms with Crippen molar-refractivity contribution in [1.82, 2.24) is 19.9 Å². The molecule has 0 aliphatic carbocycles. The standard InChI is InChI=1S/C36H35ClFN5O5S/c1-24(43(2)15-17-49(44,45)34-10-4-5-14-39-34)36(13-7-16-48-36)29-20-28-31(21-33(29)46-3)40-23-41-35(28)42-27-11-12-32(30(37)19-27)47-22-25-8-6-9-26(38)18-25/h4-12,14,16,18-21,23-24H,13,15,17,22H2,1-3H3,(H,40,41,42). The van der Waals surface area contributed by atoms with Crippen LogP contribution in [0.5, 0.6) is 11.5 Å². The molecule has 2 aromatic heterocycles. The molecule has 3 aromatic carbocycles. The first-order valence-corrected chi connectivity index (χ1v) is 17.6. The third kappa shape index (κ3) is 7.31. The number of hydrogen-bond acceptors (Lipinski definition) is 10. The van der Waals surface area contributed by atoms with Gasteiger partial charge in [-0.2, -0.15) is 0 Å². The molecule has 0 amide bonds. The van der Waals surface area contributed by atoms with E-state index in [-0.39, 0.29) is 35.8 Å². The summed E-state index contributed by atoms with van der Waals surface area (Å²) in [6.07, 6.45) is 7.07. The Balaban J connectivity index is 1.26. The Kier molecular flexibility index (Phi) is 10.00. The molecule has 254 valence electrons. The van der Waals surface area contributed by atoms with Crippen LogP contribution in [0.2, 0.25) is 5.02 Å². The Morgan fingerprint density at radius 3 is 2.63 bits per heavy atom. The molecular formula is C36H35ClFN5O5S. The molecule has 10 nitrogen and oxygen atoms in total. The number of methoxy groups -OCH3 is 1. The second-order valence-corrected chi connectivity index (χ2v) is 14.2. The second-order valence-electron chi connectivity index (χ2n) is 11.7. The van der Waals surface area contributed by atoms with Gasteiger partial charge in [-0.15, -0.1) is 0 Å². The molecule has 2 atom stereocenters. The van der Waals surface area contributed by atoms with Gasteiger partial charge in [-0.25, -0.2) is 27.8 Å². The van der Waals surface area contributed by atoms with E-state index in [0.29, 0.717) is 50.9 Å². The summed E-state index contributed by atoms with van der Waals surface area (Å²) in [6, 6.07) is 19.8. The van der Waals surface area contributed by atoms with Crippen molar-refractivity contribution < 1.29 is 27.0 Å². The minimum atomic E-state index is -3.59. The lowest BCUT2D eigenvalue weighted by Crippen LogP contribution is -2.48. The van der Waals surface area contributed by atoms with Crippen LogP contribution in [0, 0.1) is 5.82 Å². The van der Waals surface area contributed by atoms with Crippen molar-refractivity contribution in [3.05, 3.63) is 120 Å². The normalized spacial score (nSPS) is 16.4. The van der Waals surface area contributed by atoms with Crippen LogP contribution in [0.25, 0.3) is 10.9 Å². The summed E-state index contributed by atoms with van der Waals surface area (Å²) < 4.78 is 57.7. The van der Waals surface area contributed by atoms with E-state index in [1.807, 2.05) is 43.1 Å². The van der Waals surface area contributed by atoms with Crippen LogP contribution < -0.4 is 14.8 Å². The highest BCUT2D eigenvalue weighted by Gasteiger charge is 2.45. The maximum Gasteiger partial charge on any atom is 0.196 e. The van der Waals surface area contributed by atoms with Crippen LogP contribution in [0.1, 0.15) is 24.5 Å². The van der Waals surface area contributed by atoms with Crippen molar-refractivity contribution in [2.75, 3.05) is 31.8 Å². The van der Waals surface area contributed by atoms with Crippen LogP contribution in [0.3, 0.4) is 0 Å². The first-order chi connectivity index (χ1) is 23.6. The molecule has 6 rings (SSSR count). The van der Waals surface area contributed by atoms with E-state index in [2.05, 4.69) is 20.3 Å². The number of nitrogens with one attached hydrogen (secondary N) is 1. The summed E-state index contributed by atoms with van der Waals surface area (Å²) >= 11 is 6.58. The highest BCUT2D eigenvalue weighted by Crippen LogP contribution is 2.46. The van der Waals surface area contributed by atoms with Crippen LogP contribution in [-0.2, 0) is 26.8 Å². The third-order valence-electron chi connectivity index (χ3n) is 8.69. The number of benzene rings is 3. The molecule has 0 bridgehead atoms. The van der Waals surface area contributed by atoms with E-state index < -0.39 is 15.4 Å². The van der Waals surface area contributed by atoms with E-state index in [0.717, 1.165) is 5.56 Å². The van der Waals surface area contributed by atoms with Gasteiger partial charge in [0, 0.05) is 41.9 Å². The fourth-order valence-electron chi connectivity index (χ4n) is 5.86. The number of likely N-dealkylation sites (N-methyl/N-ethyl adjacent to an activating group) is 1. The minimum Gasteiger partial charge on any atom is -0.496 e. The van der Waals surface area contributed by atoms with Crippen LogP contribution in [-0.4, -0.2) is 60.8 Å². The molecule has 5 aromatic rings. The van der Waals surface area contributed by atoms with E-state index >= 15 is 0 Å². The average Bonchev–Trinajstić information content (AvgIpc) is 3.61. The summed E-state index contributed by atoms with van der Waals surface area (Å²) in [4.78, 5) is 15.0. The molecule has 3 heterocycles. The predicted octanol–water partition coefficient (Wildman–Crippen LogP) is 7.07. The van der Waals surface area contributed by atoms with Gasteiger partial charge in [0.2, 0.25) is 0 Å². The zero-order chi connectivity index (χ0) is 34.6. The number of pyridine rings is 1. The fraction of sp³-hybridized carbons (Fsp3) is 0.250. The Morgan fingerprint density at radius 2 is 1.92 bits per heavy atom. The van der Waals surface area contributed by atoms with Gasteiger partial charge in [0.25, 0.3) is 0 Å². The van der Waals surface area contributed by atoms with Gasteiger partial charge < -0.3 is 19.5 Å². The van der Waals surface area contributed by atoms with E-state index in [9.17, 15) is 12.8 Å². The monoisotopic (exact) mass is 703 g/mol. The maximum atomic E-state index is 13.6. The van der Waals surface area contributed by atoms with Gasteiger partial charge in [0.05, 0.1) is 35.7 Å². The SMILES string of the molecule is COc1cc2ncnc(Nc3ccc(OCc4cccc(F)c4)c(Cl)c3)c2cc1C1(C(C)N(C)CCS(=O)(=O)c2ccccn2)CC=CO1. The average molecular weight is 704 g/mol. The van der Waals surface area contributed by atoms with Gasteiger partial charge in [-0.1, -0.05) is 29.8 Å². The molecule has 0 saturated carbocycles. The lowest BCUT2D eigenvalue weighted by Gasteiger charge is -2.41. The zero-order valence-electron chi connectivity index (χ0n) is 27.1. The Hall–Kier alpha value is -4.78. The number of sulfone groups is 1. The third-order valence-corrected chi connectivity index (χ3v) is 10.6. The van der Waals surface area contributed by atoms with Crippen molar-refractivity contribution in [3.63, 3.8) is 0 Å². The Morgan fingerprint density at radius 1 is 1.06 bits per heavy atom. The second kappa shape index (κ2) is 14.4. The van der Waals surface area contributed by atoms with Crippen molar-refractivity contribution >= 4 is 43.8 Å². The largest absolute Gasteiger partial charge is 0.496 e. The van der Waals surface area contributed by atoms with E-state index in [4.69, 9.17) is 25.8 Å². The minimum absolute atomic E-state index is 0.0492. The topological polar surface area (TPSA) is 116 Å². The summed E-state index contributed by atoms with van der Waals surface area (Å²) in [6.45, 7) is 2.42. The van der Waals surface area contributed by atoms with Gasteiger partial charge in [-0.3, -0.25) is 4.90 Å². The van der Waals surface area contributed by atoms with Gasteiger partial charge in [-0.05, 0) is 74.1 Å². The van der Waals surface area contributed by atoms with Crippen molar-refractivity contribution in [1.29, 1.82) is 0 Å². The van der Waals surface area contributed by atoms with E-state index in [1.165, 1.54) is 30.7 Å². The molecular weight excluding hydrogens is 669 g/mol. The molecule has 0 fully saturated rings. The number of fused-ring (bicyclic) bond motifs is 1. The first kappa shape index (κ1) is 34.1. The van der Waals surface area contributed by atoms with Gasteiger partial charge in [0.15, 0.2) is 20.5 Å². The maximum absolute atomic E-state index is 13.6. The van der Waals surface area contributed by atoms with Crippen molar-refractivity contribution in [2.45, 2.75) is 36.6 Å². The molecule has 49 heavy (non-hydrogen) atoms. The highest BCUT2D eigenvalue weighted by atomic mass is 35.5. The lowest BCUT2D eigenvalue weighted by molar-refractivity contribution is -0.0322. The molecule has 0 radical (unpaired) electrons. The van der Waals surface area contributed by atoms with Crippen molar-refractivity contribution in [2.24, 2.45) is 0 Å². The fourth-order valence-corrected chi connectivity index (χ4v) is 7.34. The Bertz CT molecular complexity index is 2090. The number of nitrogens with zero attached hydrogens (tertiary/aromatic N) is 4. The molecule has 1 aliphatic rings. The first-order valence-electron chi connectivity index (χ1n) is 15.5. The summed E-state index contributed by atoms with van der Waals surface area (Å²) in [5, 5.41) is 4.48. The predicted molar refractivity (Wildman–Crippen MR) is 186 cm³/mol. The number of hydrogen-bond donors (Lipinski definition) is 1. The number of halogens is 2. The quantitative estimate of drug-likeness (QED) is 0.137. The van der Waals surface area contributed by atoms with Crippen molar-refractivity contribution in [3.8, 4) is 11.5 Å². The molecule has 13 heteroatoms. The summed E-state index contributed by atoms with van der Waals surface area (Å²) in [5.74, 6) is 1.11. The molecule has 2 unspecified atom stereocenters. The number of rotatable bonds is 13. The molecule has 0 saturated heterocycles. The van der Waals surface area contributed by atoms with Crippen LogP contribution in [0.4, 0.5) is 15.9 Å². The molecule has 0 spiro atoms. The molecule has 1 N–H and O–H groups in total. The Labute approximate surface area is 289 Å². The highest BCUT2D eigenvalue weighted by molar-refractivity contribution is 7.91. The molecule has 1 aliphatic heterocycles. The summed E-state index contributed by atoms with van der Waals surface area (Å²) in [5.41, 5.74) is 1.85. The zero-order valence-corrected chi connectivity index (χ0v) is 28.7. The number of anilines is 2. The summed E-state index contributed by atoms with van der Waals surface area (Å²) in [7, 11) is -0.119. The number of aromatic nitrogens is 3. The van der Waals surface area contributed by atoms with Gasteiger partial charge in [0.1, 0.15) is 36.1 Å². The van der Waals surface area contributed by atoms with E-state index in [1.54, 1.807) is 49.8 Å².